The molecule has 7 nitrogen and oxygen atoms in total. The number of ether oxygens (including phenoxy) is 1. The number of likely N-dealkylation sites (tertiary alicyclic amines) is 2. The highest BCUT2D eigenvalue weighted by atomic mass is 16.5. The van der Waals surface area contributed by atoms with Crippen molar-refractivity contribution >= 4 is 17.6 Å². The largest absolute Gasteiger partial charge is 0.484 e. The lowest BCUT2D eigenvalue weighted by Crippen LogP contribution is -2.34. The van der Waals surface area contributed by atoms with Crippen LogP contribution in [0.25, 0.3) is 0 Å². The third kappa shape index (κ3) is 4.67. The summed E-state index contributed by atoms with van der Waals surface area (Å²) in [6.07, 6.45) is 7.55. The summed E-state index contributed by atoms with van der Waals surface area (Å²) in [5, 5.41) is 2.96. The number of anilines is 1. The Bertz CT molecular complexity index is 852. The van der Waals surface area contributed by atoms with Crippen molar-refractivity contribution in [1.29, 1.82) is 0 Å². The fourth-order valence-corrected chi connectivity index (χ4v) is 4.00. The van der Waals surface area contributed by atoms with Crippen LogP contribution in [0.5, 0.6) is 5.75 Å². The van der Waals surface area contributed by atoms with Gasteiger partial charge in [0, 0.05) is 43.8 Å². The molecule has 3 heterocycles. The number of carbonyl (C=O) groups excluding carboxylic acids is 2. The zero-order valence-electron chi connectivity index (χ0n) is 16.4. The van der Waals surface area contributed by atoms with Crippen LogP contribution in [-0.2, 0) is 4.79 Å². The van der Waals surface area contributed by atoms with Gasteiger partial charge in [-0.2, -0.15) is 0 Å². The second-order valence-corrected chi connectivity index (χ2v) is 7.47. The number of amides is 3. The van der Waals surface area contributed by atoms with Gasteiger partial charge in [0.25, 0.3) is 5.91 Å². The van der Waals surface area contributed by atoms with Crippen LogP contribution in [0.3, 0.4) is 0 Å². The van der Waals surface area contributed by atoms with E-state index in [2.05, 4.69) is 10.3 Å². The van der Waals surface area contributed by atoms with E-state index < -0.39 is 0 Å². The summed E-state index contributed by atoms with van der Waals surface area (Å²) in [4.78, 5) is 32.7. The molecule has 2 saturated heterocycles. The molecular weight excluding hydrogens is 368 g/mol. The quantitative estimate of drug-likeness (QED) is 0.843. The second-order valence-electron chi connectivity index (χ2n) is 7.47. The van der Waals surface area contributed by atoms with E-state index in [1.54, 1.807) is 24.5 Å². The minimum atomic E-state index is -0.130. The van der Waals surface area contributed by atoms with Crippen molar-refractivity contribution in [3.63, 3.8) is 0 Å². The van der Waals surface area contributed by atoms with Crippen molar-refractivity contribution in [2.75, 3.05) is 31.6 Å². The van der Waals surface area contributed by atoms with Crippen molar-refractivity contribution in [1.82, 2.24) is 14.8 Å². The van der Waals surface area contributed by atoms with E-state index in [4.69, 9.17) is 4.74 Å². The molecule has 2 aliphatic rings. The van der Waals surface area contributed by atoms with Crippen LogP contribution in [-0.4, -0.2) is 53.0 Å². The number of pyridine rings is 1. The lowest BCUT2D eigenvalue weighted by Gasteiger charge is -2.25. The van der Waals surface area contributed by atoms with Gasteiger partial charge in [-0.25, -0.2) is 4.79 Å². The van der Waals surface area contributed by atoms with Crippen molar-refractivity contribution in [3.8, 4) is 5.75 Å². The van der Waals surface area contributed by atoms with Gasteiger partial charge in [-0.3, -0.25) is 9.78 Å². The molecule has 1 N–H and O–H groups in total. The van der Waals surface area contributed by atoms with Crippen LogP contribution >= 0.6 is 0 Å². The first-order valence-corrected chi connectivity index (χ1v) is 10.2. The molecule has 2 aliphatic heterocycles. The molecule has 1 aromatic carbocycles. The first-order chi connectivity index (χ1) is 14.2. The monoisotopic (exact) mass is 394 g/mol. The fourth-order valence-electron chi connectivity index (χ4n) is 4.00. The fraction of sp³-hybridized carbons (Fsp3) is 0.409. The van der Waals surface area contributed by atoms with E-state index in [-0.39, 0.29) is 24.6 Å². The highest BCUT2D eigenvalue weighted by molar-refractivity contribution is 5.90. The average Bonchev–Trinajstić information content (AvgIpc) is 3.45. The van der Waals surface area contributed by atoms with Crippen LogP contribution in [0.2, 0.25) is 0 Å². The van der Waals surface area contributed by atoms with Crippen molar-refractivity contribution in [2.24, 2.45) is 0 Å². The molecule has 152 valence electrons. The van der Waals surface area contributed by atoms with Crippen LogP contribution < -0.4 is 10.1 Å². The molecule has 0 aliphatic carbocycles. The SMILES string of the molecule is O=C(COc1cccc(NC(=O)N2CCCC2c2ccncc2)c1)N1CCCC1. The topological polar surface area (TPSA) is 74.8 Å². The Balaban J connectivity index is 1.36. The predicted molar refractivity (Wildman–Crippen MR) is 110 cm³/mol. The van der Waals surface area contributed by atoms with E-state index >= 15 is 0 Å². The predicted octanol–water partition coefficient (Wildman–Crippen LogP) is 3.45. The minimum Gasteiger partial charge on any atom is -0.484 e. The standard InChI is InChI=1S/C22H26N4O3/c27-21(25-12-1-2-13-25)16-29-19-6-3-5-18(15-19)24-22(28)26-14-4-7-20(26)17-8-10-23-11-9-17/h3,5-6,8-11,15,20H,1-2,4,7,12-14,16H2,(H,24,28). The summed E-state index contributed by atoms with van der Waals surface area (Å²) in [7, 11) is 0. The maximum Gasteiger partial charge on any atom is 0.322 e. The summed E-state index contributed by atoms with van der Waals surface area (Å²) in [6.45, 7) is 2.37. The summed E-state index contributed by atoms with van der Waals surface area (Å²) in [5.74, 6) is 0.580. The summed E-state index contributed by atoms with van der Waals surface area (Å²) >= 11 is 0. The van der Waals surface area contributed by atoms with Crippen molar-refractivity contribution < 1.29 is 14.3 Å². The van der Waals surface area contributed by atoms with E-state index in [1.807, 2.05) is 34.1 Å². The minimum absolute atomic E-state index is 0.00852. The smallest absolute Gasteiger partial charge is 0.322 e. The van der Waals surface area contributed by atoms with Gasteiger partial charge in [0.05, 0.1) is 6.04 Å². The number of carbonyl (C=O) groups is 2. The van der Waals surface area contributed by atoms with Gasteiger partial charge in [-0.1, -0.05) is 6.07 Å². The number of aromatic nitrogens is 1. The van der Waals surface area contributed by atoms with Crippen molar-refractivity contribution in [3.05, 3.63) is 54.4 Å². The Morgan fingerprint density at radius 3 is 2.66 bits per heavy atom. The highest BCUT2D eigenvalue weighted by Crippen LogP contribution is 2.32. The third-order valence-electron chi connectivity index (χ3n) is 5.51. The van der Waals surface area contributed by atoms with Gasteiger partial charge in [0.15, 0.2) is 6.61 Å². The molecule has 7 heteroatoms. The van der Waals surface area contributed by atoms with Gasteiger partial charge >= 0.3 is 6.03 Å². The molecule has 1 atom stereocenters. The Morgan fingerprint density at radius 2 is 1.86 bits per heavy atom. The normalized spacial score (nSPS) is 18.7. The number of urea groups is 1. The number of benzene rings is 1. The maximum atomic E-state index is 12.8. The molecule has 2 aromatic rings. The first kappa shape index (κ1) is 19.2. The molecule has 0 radical (unpaired) electrons. The van der Waals surface area contributed by atoms with Gasteiger partial charge in [0.1, 0.15) is 5.75 Å². The molecule has 1 aromatic heterocycles. The molecule has 29 heavy (non-hydrogen) atoms. The summed E-state index contributed by atoms with van der Waals surface area (Å²) in [6, 6.07) is 11.0. The van der Waals surface area contributed by atoms with Crippen molar-refractivity contribution in [2.45, 2.75) is 31.7 Å². The average molecular weight is 394 g/mol. The Morgan fingerprint density at radius 1 is 1.07 bits per heavy atom. The Kier molecular flexibility index (Phi) is 5.93. The van der Waals surface area contributed by atoms with Crippen LogP contribution in [0.1, 0.15) is 37.3 Å². The molecule has 2 fully saturated rings. The van der Waals surface area contributed by atoms with Gasteiger partial charge < -0.3 is 19.9 Å². The van der Waals surface area contributed by atoms with Gasteiger partial charge in [-0.05, 0) is 55.5 Å². The second kappa shape index (κ2) is 8.94. The van der Waals surface area contributed by atoms with Crippen LogP contribution in [0, 0.1) is 0 Å². The lowest BCUT2D eigenvalue weighted by molar-refractivity contribution is -0.132. The number of nitrogens with zero attached hydrogens (tertiary/aromatic N) is 3. The number of rotatable bonds is 5. The van der Waals surface area contributed by atoms with Gasteiger partial charge in [0.2, 0.25) is 0 Å². The summed E-state index contributed by atoms with van der Waals surface area (Å²) < 4.78 is 5.66. The maximum absolute atomic E-state index is 12.8. The van der Waals surface area contributed by atoms with Gasteiger partial charge in [-0.15, -0.1) is 0 Å². The Labute approximate surface area is 170 Å². The number of hydrogen-bond donors (Lipinski definition) is 1. The van der Waals surface area contributed by atoms with E-state index in [9.17, 15) is 9.59 Å². The van der Waals surface area contributed by atoms with E-state index in [1.165, 1.54) is 0 Å². The van der Waals surface area contributed by atoms with E-state index in [0.29, 0.717) is 11.4 Å². The zero-order chi connectivity index (χ0) is 20.1. The van der Waals surface area contributed by atoms with Crippen LogP contribution in [0.4, 0.5) is 10.5 Å². The first-order valence-electron chi connectivity index (χ1n) is 10.2. The molecule has 1 unspecified atom stereocenters. The third-order valence-corrected chi connectivity index (χ3v) is 5.51. The highest BCUT2D eigenvalue weighted by Gasteiger charge is 2.30. The summed E-state index contributed by atoms with van der Waals surface area (Å²) in [5.41, 5.74) is 1.76. The number of hydrogen-bond acceptors (Lipinski definition) is 4. The molecule has 3 amide bonds. The molecular formula is C22H26N4O3. The molecule has 4 rings (SSSR count). The Hall–Kier alpha value is -3.09. The molecule has 0 spiro atoms. The zero-order valence-corrected chi connectivity index (χ0v) is 16.4. The lowest BCUT2D eigenvalue weighted by atomic mass is 10.1. The molecule has 0 bridgehead atoms. The number of nitrogens with one attached hydrogen (secondary N) is 1. The molecule has 0 saturated carbocycles. The van der Waals surface area contributed by atoms with E-state index in [0.717, 1.165) is 50.9 Å². The van der Waals surface area contributed by atoms with Crippen LogP contribution in [0.15, 0.2) is 48.8 Å².